The number of aromatic nitrogens is 1. The Bertz CT molecular complexity index is 313. The van der Waals surface area contributed by atoms with Gasteiger partial charge in [0, 0.05) is 12.2 Å². The van der Waals surface area contributed by atoms with Crippen molar-refractivity contribution in [1.82, 2.24) is 10.3 Å². The van der Waals surface area contributed by atoms with E-state index in [0.29, 0.717) is 18.6 Å². The van der Waals surface area contributed by atoms with Gasteiger partial charge in [-0.25, -0.2) is 0 Å². The lowest BCUT2D eigenvalue weighted by Gasteiger charge is -2.19. The molecule has 1 heterocycles. The van der Waals surface area contributed by atoms with Crippen molar-refractivity contribution in [3.8, 4) is 5.75 Å². The smallest absolute Gasteiger partial charge is 0.137 e. The number of rotatable bonds is 6. The van der Waals surface area contributed by atoms with E-state index in [-0.39, 0.29) is 0 Å². The second-order valence-corrected chi connectivity index (χ2v) is 4.36. The van der Waals surface area contributed by atoms with Gasteiger partial charge in [-0.3, -0.25) is 4.98 Å². The quantitative estimate of drug-likeness (QED) is 0.803. The summed E-state index contributed by atoms with van der Waals surface area (Å²) in [4.78, 5) is 4.21. The summed E-state index contributed by atoms with van der Waals surface area (Å²) in [6, 6.07) is 2.42. The normalized spacial score (nSPS) is 12.8. The molecule has 0 bridgehead atoms. The molecular weight excluding hydrogens is 200 g/mol. The molecule has 0 amide bonds. The van der Waals surface area contributed by atoms with Gasteiger partial charge >= 0.3 is 0 Å². The van der Waals surface area contributed by atoms with E-state index in [1.54, 1.807) is 6.20 Å². The minimum Gasteiger partial charge on any atom is -0.492 e. The zero-order chi connectivity index (χ0) is 12.0. The highest BCUT2D eigenvalue weighted by molar-refractivity contribution is 5.26. The Balaban J connectivity index is 2.79. The number of pyridine rings is 1. The van der Waals surface area contributed by atoms with Gasteiger partial charge in [0.15, 0.2) is 0 Å². The molecule has 1 N–H and O–H groups in total. The van der Waals surface area contributed by atoms with Gasteiger partial charge in [0.25, 0.3) is 0 Å². The Morgan fingerprint density at radius 2 is 2.12 bits per heavy atom. The number of ether oxygens (including phenoxy) is 1. The van der Waals surface area contributed by atoms with Crippen LogP contribution in [0, 0.1) is 5.92 Å². The maximum atomic E-state index is 5.46. The van der Waals surface area contributed by atoms with Crippen molar-refractivity contribution < 1.29 is 4.74 Å². The zero-order valence-electron chi connectivity index (χ0n) is 10.7. The van der Waals surface area contributed by atoms with Crippen LogP contribution in [-0.4, -0.2) is 18.6 Å². The summed E-state index contributed by atoms with van der Waals surface area (Å²) in [6.07, 6.45) is 4.77. The van der Waals surface area contributed by atoms with Gasteiger partial charge in [0.1, 0.15) is 5.75 Å². The molecule has 0 fully saturated rings. The van der Waals surface area contributed by atoms with Crippen LogP contribution >= 0.6 is 0 Å². The van der Waals surface area contributed by atoms with Gasteiger partial charge in [0.2, 0.25) is 0 Å². The first kappa shape index (κ1) is 13.0. The van der Waals surface area contributed by atoms with Crippen molar-refractivity contribution in [2.75, 3.05) is 13.7 Å². The third-order valence-corrected chi connectivity index (χ3v) is 2.50. The van der Waals surface area contributed by atoms with Crippen LogP contribution in [0.1, 0.15) is 38.8 Å². The second kappa shape index (κ2) is 6.48. The maximum absolute atomic E-state index is 5.46. The highest BCUT2D eigenvalue weighted by atomic mass is 16.5. The van der Waals surface area contributed by atoms with E-state index in [0.717, 1.165) is 12.2 Å². The van der Waals surface area contributed by atoms with E-state index in [1.807, 2.05) is 20.2 Å². The molecule has 1 aromatic rings. The molecule has 1 rings (SSSR count). The van der Waals surface area contributed by atoms with E-state index in [2.05, 4.69) is 30.2 Å². The van der Waals surface area contributed by atoms with Crippen molar-refractivity contribution in [1.29, 1.82) is 0 Å². The molecule has 0 aliphatic heterocycles. The lowest BCUT2D eigenvalue weighted by Crippen LogP contribution is -2.18. The first-order valence-electron chi connectivity index (χ1n) is 5.92. The summed E-state index contributed by atoms with van der Waals surface area (Å²) in [6.45, 7) is 7.12. The van der Waals surface area contributed by atoms with Crippen molar-refractivity contribution >= 4 is 0 Å². The highest BCUT2D eigenvalue weighted by Gasteiger charge is 2.12. The molecule has 3 nitrogen and oxygen atoms in total. The number of hydrogen-bond donors (Lipinski definition) is 1. The summed E-state index contributed by atoms with van der Waals surface area (Å²) in [5, 5.41) is 3.32. The number of hydrogen-bond acceptors (Lipinski definition) is 3. The molecule has 0 radical (unpaired) electrons. The SMILES string of the molecule is CCOc1cncc(C(CC(C)C)NC)c1. The lowest BCUT2D eigenvalue weighted by molar-refractivity contribution is 0.337. The van der Waals surface area contributed by atoms with E-state index < -0.39 is 0 Å². The van der Waals surface area contributed by atoms with Gasteiger partial charge in [-0.05, 0) is 37.9 Å². The molecule has 3 heteroatoms. The van der Waals surface area contributed by atoms with E-state index >= 15 is 0 Å². The molecule has 0 saturated heterocycles. The molecule has 16 heavy (non-hydrogen) atoms. The molecule has 1 unspecified atom stereocenters. The van der Waals surface area contributed by atoms with Crippen LogP contribution in [-0.2, 0) is 0 Å². The van der Waals surface area contributed by atoms with Crippen LogP contribution in [0.4, 0.5) is 0 Å². The van der Waals surface area contributed by atoms with Crippen LogP contribution in [0.3, 0.4) is 0 Å². The molecule has 0 spiro atoms. The van der Waals surface area contributed by atoms with Crippen LogP contribution in [0.5, 0.6) is 5.75 Å². The Morgan fingerprint density at radius 3 is 2.69 bits per heavy atom. The first-order valence-corrected chi connectivity index (χ1v) is 5.92. The minimum absolute atomic E-state index is 0.355. The summed E-state index contributed by atoms with van der Waals surface area (Å²) in [5.74, 6) is 1.51. The van der Waals surface area contributed by atoms with Crippen molar-refractivity contribution in [2.24, 2.45) is 5.92 Å². The second-order valence-electron chi connectivity index (χ2n) is 4.36. The minimum atomic E-state index is 0.355. The molecular formula is C13H22N2O. The number of nitrogens with zero attached hydrogens (tertiary/aromatic N) is 1. The van der Waals surface area contributed by atoms with Crippen LogP contribution < -0.4 is 10.1 Å². The highest BCUT2D eigenvalue weighted by Crippen LogP contribution is 2.23. The van der Waals surface area contributed by atoms with Crippen LogP contribution in [0.25, 0.3) is 0 Å². The van der Waals surface area contributed by atoms with Crippen LogP contribution in [0.2, 0.25) is 0 Å². The van der Waals surface area contributed by atoms with Gasteiger partial charge in [-0.1, -0.05) is 13.8 Å². The Hall–Kier alpha value is -1.09. The fourth-order valence-electron chi connectivity index (χ4n) is 1.76. The largest absolute Gasteiger partial charge is 0.492 e. The third kappa shape index (κ3) is 3.81. The van der Waals surface area contributed by atoms with E-state index in [4.69, 9.17) is 4.74 Å². The Kier molecular flexibility index (Phi) is 5.26. The molecule has 90 valence electrons. The van der Waals surface area contributed by atoms with E-state index in [1.165, 1.54) is 5.56 Å². The molecule has 0 aromatic carbocycles. The average Bonchev–Trinajstić information content (AvgIpc) is 2.26. The van der Waals surface area contributed by atoms with Crippen molar-refractivity contribution in [3.63, 3.8) is 0 Å². The summed E-state index contributed by atoms with van der Waals surface area (Å²) < 4.78 is 5.46. The van der Waals surface area contributed by atoms with Gasteiger partial charge in [-0.2, -0.15) is 0 Å². The predicted molar refractivity (Wildman–Crippen MR) is 66.7 cm³/mol. The molecule has 0 aliphatic carbocycles. The zero-order valence-corrected chi connectivity index (χ0v) is 10.7. The van der Waals surface area contributed by atoms with E-state index in [9.17, 15) is 0 Å². The fourth-order valence-corrected chi connectivity index (χ4v) is 1.76. The Labute approximate surface area is 98.2 Å². The topological polar surface area (TPSA) is 34.1 Å². The molecule has 1 aromatic heterocycles. The van der Waals surface area contributed by atoms with Crippen molar-refractivity contribution in [2.45, 2.75) is 33.2 Å². The lowest BCUT2D eigenvalue weighted by atomic mass is 9.98. The average molecular weight is 222 g/mol. The predicted octanol–water partition coefficient (Wildman–Crippen LogP) is 2.79. The van der Waals surface area contributed by atoms with Gasteiger partial charge < -0.3 is 10.1 Å². The van der Waals surface area contributed by atoms with Crippen LogP contribution in [0.15, 0.2) is 18.5 Å². The van der Waals surface area contributed by atoms with Crippen molar-refractivity contribution in [3.05, 3.63) is 24.0 Å². The third-order valence-electron chi connectivity index (χ3n) is 2.50. The van der Waals surface area contributed by atoms with Gasteiger partial charge in [-0.15, -0.1) is 0 Å². The molecule has 1 atom stereocenters. The molecule has 0 aliphatic rings. The summed E-state index contributed by atoms with van der Waals surface area (Å²) in [7, 11) is 1.99. The molecule has 0 saturated carbocycles. The number of nitrogens with one attached hydrogen (secondary N) is 1. The maximum Gasteiger partial charge on any atom is 0.137 e. The summed E-state index contributed by atoms with van der Waals surface area (Å²) in [5.41, 5.74) is 1.20. The summed E-state index contributed by atoms with van der Waals surface area (Å²) >= 11 is 0. The monoisotopic (exact) mass is 222 g/mol. The van der Waals surface area contributed by atoms with Gasteiger partial charge in [0.05, 0.1) is 12.8 Å². The fraction of sp³-hybridized carbons (Fsp3) is 0.615. The first-order chi connectivity index (χ1) is 7.67. The standard InChI is InChI=1S/C13H22N2O/c1-5-16-12-7-11(8-15-9-12)13(14-4)6-10(2)3/h7-10,13-14H,5-6H2,1-4H3. The Morgan fingerprint density at radius 1 is 1.38 bits per heavy atom.